The normalized spacial score (nSPS) is 31.7. The number of rotatable bonds is 0. The van der Waals surface area contributed by atoms with E-state index in [-0.39, 0.29) is 5.41 Å². The highest BCUT2D eigenvalue weighted by atomic mass is 14.1. The van der Waals surface area contributed by atoms with E-state index >= 15 is 0 Å². The number of allylic oxidation sites excluding steroid dienone is 6. The highest BCUT2D eigenvalue weighted by molar-refractivity contribution is 5.15. The van der Waals surface area contributed by atoms with Gasteiger partial charge >= 0.3 is 0 Å². The topological polar surface area (TPSA) is 0 Å². The van der Waals surface area contributed by atoms with Crippen LogP contribution in [0.25, 0.3) is 0 Å². The maximum Gasteiger partial charge on any atom is 0.000697 e. The van der Waals surface area contributed by atoms with Crippen LogP contribution in [0.15, 0.2) is 35.5 Å². The van der Waals surface area contributed by atoms with Gasteiger partial charge in [-0.15, -0.1) is 0 Å². The molecule has 1 rings (SSSR count). The third kappa shape index (κ3) is 5.01. The highest BCUT2D eigenvalue weighted by Gasteiger charge is 2.10. The summed E-state index contributed by atoms with van der Waals surface area (Å²) in [5, 5.41) is 0. The molecule has 15 heavy (non-hydrogen) atoms. The summed E-state index contributed by atoms with van der Waals surface area (Å²) in [6, 6.07) is 0. The van der Waals surface area contributed by atoms with Crippen molar-refractivity contribution in [2.45, 2.75) is 53.4 Å². The Morgan fingerprint density at radius 3 is 2.40 bits per heavy atom. The molecule has 0 spiro atoms. The van der Waals surface area contributed by atoms with E-state index in [9.17, 15) is 0 Å². The molecular weight excluding hydrogens is 180 g/mol. The monoisotopic (exact) mass is 204 g/mol. The first-order chi connectivity index (χ1) is 6.99. The molecule has 0 aromatic carbocycles. The molecule has 0 aliphatic heterocycles. The Morgan fingerprint density at radius 2 is 1.67 bits per heavy atom. The van der Waals surface area contributed by atoms with Crippen molar-refractivity contribution in [3.05, 3.63) is 35.5 Å². The minimum absolute atomic E-state index is 0.225. The van der Waals surface area contributed by atoms with E-state index in [4.69, 9.17) is 0 Å². The molecule has 0 radical (unpaired) electrons. The Balaban J connectivity index is 2.80. The van der Waals surface area contributed by atoms with E-state index in [0.717, 1.165) is 0 Å². The van der Waals surface area contributed by atoms with Gasteiger partial charge in [0, 0.05) is 5.41 Å². The fourth-order valence-electron chi connectivity index (χ4n) is 2.10. The van der Waals surface area contributed by atoms with Crippen molar-refractivity contribution in [2.24, 2.45) is 5.41 Å². The Morgan fingerprint density at radius 1 is 1.00 bits per heavy atom. The predicted molar refractivity (Wildman–Crippen MR) is 68.9 cm³/mol. The van der Waals surface area contributed by atoms with Gasteiger partial charge in [0.05, 0.1) is 0 Å². The lowest BCUT2D eigenvalue weighted by molar-refractivity contribution is 0.614. The van der Waals surface area contributed by atoms with Gasteiger partial charge in [0.1, 0.15) is 0 Å². The summed E-state index contributed by atoms with van der Waals surface area (Å²) in [6.45, 7) is 9.06. The molecule has 1 aliphatic carbocycles. The largest absolute Gasteiger partial charge is 0.0874 e. The highest BCUT2D eigenvalue weighted by Crippen LogP contribution is 2.24. The molecule has 0 nitrogen and oxygen atoms in total. The third-order valence-corrected chi connectivity index (χ3v) is 2.90. The van der Waals surface area contributed by atoms with Crippen LogP contribution in [-0.4, -0.2) is 0 Å². The molecule has 0 atom stereocenters. The molecular formula is C15H24. The summed E-state index contributed by atoms with van der Waals surface area (Å²) in [5.74, 6) is 0. The minimum atomic E-state index is 0.225. The van der Waals surface area contributed by atoms with Crippen molar-refractivity contribution in [2.75, 3.05) is 0 Å². The Labute approximate surface area is 94.8 Å². The first-order valence-corrected chi connectivity index (χ1v) is 6.01. The number of hydrogen-bond donors (Lipinski definition) is 0. The second-order valence-electron chi connectivity index (χ2n) is 5.34. The smallest absolute Gasteiger partial charge is 0.000697 e. The summed E-state index contributed by atoms with van der Waals surface area (Å²) in [4.78, 5) is 0. The summed E-state index contributed by atoms with van der Waals surface area (Å²) in [5.41, 5.74) is 3.27. The average Bonchev–Trinajstić information content (AvgIpc) is 2.12. The Bertz CT molecular complexity index is 287. The Hall–Kier alpha value is -0.780. The van der Waals surface area contributed by atoms with Gasteiger partial charge in [0.15, 0.2) is 0 Å². The van der Waals surface area contributed by atoms with E-state index < -0.39 is 0 Å². The molecule has 0 amide bonds. The van der Waals surface area contributed by atoms with E-state index in [1.54, 1.807) is 0 Å². The van der Waals surface area contributed by atoms with Crippen molar-refractivity contribution in [1.82, 2.24) is 0 Å². The van der Waals surface area contributed by atoms with Crippen LogP contribution in [0.5, 0.6) is 0 Å². The van der Waals surface area contributed by atoms with Crippen molar-refractivity contribution < 1.29 is 0 Å². The van der Waals surface area contributed by atoms with Crippen molar-refractivity contribution in [1.29, 1.82) is 0 Å². The van der Waals surface area contributed by atoms with Gasteiger partial charge in [-0.05, 0) is 39.5 Å². The van der Waals surface area contributed by atoms with Crippen LogP contribution in [0.4, 0.5) is 0 Å². The fourth-order valence-corrected chi connectivity index (χ4v) is 2.10. The van der Waals surface area contributed by atoms with Crippen LogP contribution in [0.2, 0.25) is 0 Å². The van der Waals surface area contributed by atoms with Gasteiger partial charge < -0.3 is 0 Å². The van der Waals surface area contributed by atoms with Gasteiger partial charge in [0.2, 0.25) is 0 Å². The lowest BCUT2D eigenvalue weighted by atomic mass is 9.89. The second-order valence-corrected chi connectivity index (χ2v) is 5.34. The predicted octanol–water partition coefficient (Wildman–Crippen LogP) is 5.04. The molecule has 0 N–H and O–H groups in total. The van der Waals surface area contributed by atoms with E-state index in [2.05, 4.69) is 52.0 Å². The van der Waals surface area contributed by atoms with Crippen LogP contribution >= 0.6 is 0 Å². The molecule has 0 unspecified atom stereocenters. The lowest BCUT2D eigenvalue weighted by Gasteiger charge is -2.16. The zero-order valence-corrected chi connectivity index (χ0v) is 10.6. The molecule has 0 heteroatoms. The number of hydrogen-bond acceptors (Lipinski definition) is 0. The van der Waals surface area contributed by atoms with Gasteiger partial charge in [-0.3, -0.25) is 0 Å². The van der Waals surface area contributed by atoms with Crippen LogP contribution in [-0.2, 0) is 0 Å². The minimum Gasteiger partial charge on any atom is -0.0874 e. The molecule has 0 saturated heterocycles. The van der Waals surface area contributed by atoms with Gasteiger partial charge in [0.25, 0.3) is 0 Å². The summed E-state index contributed by atoms with van der Waals surface area (Å²) < 4.78 is 0. The van der Waals surface area contributed by atoms with Crippen molar-refractivity contribution in [3.8, 4) is 0 Å². The van der Waals surface area contributed by atoms with Crippen molar-refractivity contribution >= 4 is 0 Å². The van der Waals surface area contributed by atoms with Gasteiger partial charge in [-0.2, -0.15) is 0 Å². The molecule has 0 heterocycles. The first-order valence-electron chi connectivity index (χ1n) is 6.01. The van der Waals surface area contributed by atoms with Gasteiger partial charge in [-0.25, -0.2) is 0 Å². The third-order valence-electron chi connectivity index (χ3n) is 2.90. The standard InChI is InChI=1S/C15H24/c1-13-8-5-6-11-15(3,4)12-14(2)10-7-9-13/h6,9,11-12H,5,7-8,10H2,1-4H3/b11-6+,13-9+,14-12+. The maximum atomic E-state index is 2.40. The average molecular weight is 204 g/mol. The molecule has 0 aromatic heterocycles. The Kier molecular flexibility index (Phi) is 4.38. The molecule has 0 saturated carbocycles. The zero-order valence-electron chi connectivity index (χ0n) is 10.6. The zero-order chi connectivity index (χ0) is 11.3. The van der Waals surface area contributed by atoms with E-state index in [1.165, 1.54) is 36.8 Å². The molecule has 0 aromatic rings. The summed E-state index contributed by atoms with van der Waals surface area (Å²) in [6.07, 6.45) is 14.3. The van der Waals surface area contributed by atoms with E-state index in [0.29, 0.717) is 0 Å². The molecule has 1 aliphatic rings. The molecule has 0 bridgehead atoms. The molecule has 84 valence electrons. The van der Waals surface area contributed by atoms with Crippen LogP contribution in [0.3, 0.4) is 0 Å². The van der Waals surface area contributed by atoms with Crippen LogP contribution in [0.1, 0.15) is 53.4 Å². The second kappa shape index (κ2) is 5.34. The van der Waals surface area contributed by atoms with Crippen LogP contribution in [0, 0.1) is 5.41 Å². The van der Waals surface area contributed by atoms with Crippen molar-refractivity contribution in [3.63, 3.8) is 0 Å². The quantitative estimate of drug-likeness (QED) is 0.485. The van der Waals surface area contributed by atoms with E-state index in [1.807, 2.05) is 0 Å². The van der Waals surface area contributed by atoms with Crippen LogP contribution < -0.4 is 0 Å². The summed E-state index contributed by atoms with van der Waals surface area (Å²) in [7, 11) is 0. The summed E-state index contributed by atoms with van der Waals surface area (Å²) >= 11 is 0. The lowest BCUT2D eigenvalue weighted by Crippen LogP contribution is -2.03. The SMILES string of the molecule is C/C1=C\CC/C(C)=C/C(C)(C)/C=C/CC1. The molecule has 0 fully saturated rings. The fraction of sp³-hybridized carbons (Fsp3) is 0.600. The van der Waals surface area contributed by atoms with Gasteiger partial charge in [-0.1, -0.05) is 49.3 Å². The first kappa shape index (κ1) is 12.3. The maximum absolute atomic E-state index is 2.40.